The highest BCUT2D eigenvalue weighted by atomic mass is 16.5. The first-order valence-electron chi connectivity index (χ1n) is 8.81. The zero-order valence-corrected chi connectivity index (χ0v) is 15.7. The van der Waals surface area contributed by atoms with Gasteiger partial charge in [-0.05, 0) is 30.2 Å². The molecule has 3 aromatic rings. The molecule has 1 heterocycles. The van der Waals surface area contributed by atoms with Gasteiger partial charge in [0.2, 0.25) is 0 Å². The molecule has 0 bridgehead atoms. The van der Waals surface area contributed by atoms with Crippen LogP contribution in [0.25, 0.3) is 0 Å². The largest absolute Gasteiger partial charge is 0.497 e. The van der Waals surface area contributed by atoms with Crippen molar-refractivity contribution in [1.82, 2.24) is 20.2 Å². The summed E-state index contributed by atoms with van der Waals surface area (Å²) in [5.41, 5.74) is 1.94. The van der Waals surface area contributed by atoms with E-state index in [-0.39, 0.29) is 12.1 Å². The number of imidazole rings is 1. The van der Waals surface area contributed by atoms with Crippen molar-refractivity contribution >= 4 is 6.03 Å². The number of nitrogens with zero attached hydrogens (tertiary/aromatic N) is 2. The van der Waals surface area contributed by atoms with Gasteiger partial charge in [0.15, 0.2) is 0 Å². The Labute approximate surface area is 159 Å². The fourth-order valence-corrected chi connectivity index (χ4v) is 2.97. The van der Waals surface area contributed by atoms with Crippen LogP contribution in [0.5, 0.6) is 5.75 Å². The lowest BCUT2D eigenvalue weighted by molar-refractivity contribution is 0.235. The average Bonchev–Trinajstić information content (AvgIpc) is 3.12. The molecule has 6 nitrogen and oxygen atoms in total. The highest BCUT2D eigenvalue weighted by molar-refractivity contribution is 5.75. The lowest BCUT2D eigenvalue weighted by atomic mass is 10.1. The smallest absolute Gasteiger partial charge is 0.316 e. The highest BCUT2D eigenvalue weighted by Gasteiger charge is 2.22. The molecule has 2 aromatic carbocycles. The normalized spacial score (nSPS) is 12.9. The molecule has 1 aromatic heterocycles. The molecular weight excluding hydrogens is 340 g/mol. The molecule has 0 fully saturated rings. The van der Waals surface area contributed by atoms with Crippen LogP contribution in [0.2, 0.25) is 0 Å². The number of methoxy groups -OCH3 is 1. The van der Waals surface area contributed by atoms with E-state index in [2.05, 4.69) is 15.6 Å². The van der Waals surface area contributed by atoms with E-state index in [1.165, 1.54) is 0 Å². The molecule has 3 rings (SSSR count). The molecule has 0 spiro atoms. The fraction of sp³-hybridized carbons (Fsp3) is 0.238. The van der Waals surface area contributed by atoms with Crippen LogP contribution < -0.4 is 15.4 Å². The number of aromatic nitrogens is 2. The van der Waals surface area contributed by atoms with Crippen molar-refractivity contribution in [3.63, 3.8) is 0 Å². The SMILES string of the molecule is COc1cccc([C@H](NC(=O)N[C@H](C)c2ccccc2)c2nccn2C)c1. The maximum atomic E-state index is 12.7. The number of carbonyl (C=O) groups excluding carboxylic acids is 1. The molecule has 2 atom stereocenters. The lowest BCUT2D eigenvalue weighted by Crippen LogP contribution is -2.40. The van der Waals surface area contributed by atoms with Gasteiger partial charge < -0.3 is 19.9 Å². The molecule has 0 saturated heterocycles. The Hall–Kier alpha value is -3.28. The van der Waals surface area contributed by atoms with Gasteiger partial charge in [-0.2, -0.15) is 0 Å². The van der Waals surface area contributed by atoms with Crippen molar-refractivity contribution in [1.29, 1.82) is 0 Å². The summed E-state index contributed by atoms with van der Waals surface area (Å²) in [5, 5.41) is 6.03. The second-order valence-corrected chi connectivity index (χ2v) is 6.36. The van der Waals surface area contributed by atoms with Gasteiger partial charge in [0.25, 0.3) is 0 Å². The van der Waals surface area contributed by atoms with Gasteiger partial charge >= 0.3 is 6.03 Å². The molecule has 0 aliphatic rings. The van der Waals surface area contributed by atoms with Gasteiger partial charge in [0, 0.05) is 19.4 Å². The second-order valence-electron chi connectivity index (χ2n) is 6.36. The standard InChI is InChI=1S/C21H24N4O2/c1-15(16-8-5-4-6-9-16)23-21(26)24-19(20-22-12-13-25(20)2)17-10-7-11-18(14-17)27-3/h4-15,19H,1-3H3,(H2,23,24,26)/t15-,19+/m1/s1. The van der Waals surface area contributed by atoms with Crippen LogP contribution in [0.1, 0.15) is 36.0 Å². The molecule has 2 N–H and O–H groups in total. The van der Waals surface area contributed by atoms with Crippen molar-refractivity contribution in [3.05, 3.63) is 83.9 Å². The Kier molecular flexibility index (Phi) is 5.76. The number of benzene rings is 2. The summed E-state index contributed by atoms with van der Waals surface area (Å²) >= 11 is 0. The van der Waals surface area contributed by atoms with Gasteiger partial charge in [0.1, 0.15) is 17.6 Å². The van der Waals surface area contributed by atoms with E-state index < -0.39 is 6.04 Å². The third kappa shape index (κ3) is 4.47. The zero-order chi connectivity index (χ0) is 19.2. The molecule has 0 saturated carbocycles. The van der Waals surface area contributed by atoms with Gasteiger partial charge in [-0.1, -0.05) is 42.5 Å². The third-order valence-electron chi connectivity index (χ3n) is 4.47. The second kappa shape index (κ2) is 8.40. The maximum absolute atomic E-state index is 12.7. The van der Waals surface area contributed by atoms with Crippen molar-refractivity contribution < 1.29 is 9.53 Å². The van der Waals surface area contributed by atoms with E-state index in [4.69, 9.17) is 4.74 Å². The van der Waals surface area contributed by atoms with Crippen LogP contribution in [0.3, 0.4) is 0 Å². The van der Waals surface area contributed by atoms with Crippen LogP contribution in [-0.4, -0.2) is 22.7 Å². The zero-order valence-electron chi connectivity index (χ0n) is 15.7. The Morgan fingerprint density at radius 3 is 2.48 bits per heavy atom. The fourth-order valence-electron chi connectivity index (χ4n) is 2.97. The summed E-state index contributed by atoms with van der Waals surface area (Å²) in [7, 11) is 3.53. The van der Waals surface area contributed by atoms with Crippen LogP contribution in [0, 0.1) is 0 Å². The first-order chi connectivity index (χ1) is 13.1. The van der Waals surface area contributed by atoms with Gasteiger partial charge in [-0.3, -0.25) is 0 Å². The Morgan fingerprint density at radius 1 is 1.07 bits per heavy atom. The number of ether oxygens (including phenoxy) is 1. The minimum atomic E-state index is -0.400. The monoisotopic (exact) mass is 364 g/mol. The predicted octanol–water partition coefficient (Wildman–Crippen LogP) is 3.58. The van der Waals surface area contributed by atoms with E-state index in [1.54, 1.807) is 13.3 Å². The topological polar surface area (TPSA) is 68.2 Å². The van der Waals surface area contributed by atoms with Gasteiger partial charge in [-0.25, -0.2) is 9.78 Å². The first kappa shape index (κ1) is 18.5. The average molecular weight is 364 g/mol. The van der Waals surface area contributed by atoms with Gasteiger partial charge in [0.05, 0.1) is 13.2 Å². The number of nitrogens with one attached hydrogen (secondary N) is 2. The summed E-state index contributed by atoms with van der Waals surface area (Å²) in [6, 6.07) is 16.7. The van der Waals surface area contributed by atoms with Crippen LogP contribution in [0.4, 0.5) is 4.79 Å². The van der Waals surface area contributed by atoms with Crippen LogP contribution >= 0.6 is 0 Å². The number of rotatable bonds is 6. The third-order valence-corrected chi connectivity index (χ3v) is 4.47. The Morgan fingerprint density at radius 2 is 1.81 bits per heavy atom. The quantitative estimate of drug-likeness (QED) is 0.702. The Balaban J connectivity index is 1.81. The van der Waals surface area contributed by atoms with Crippen molar-refractivity contribution in [2.24, 2.45) is 7.05 Å². The van der Waals surface area contributed by atoms with E-state index in [1.807, 2.05) is 79.3 Å². The van der Waals surface area contributed by atoms with Crippen molar-refractivity contribution in [3.8, 4) is 5.75 Å². The molecule has 0 radical (unpaired) electrons. The van der Waals surface area contributed by atoms with E-state index in [0.717, 1.165) is 22.7 Å². The van der Waals surface area contributed by atoms with E-state index in [9.17, 15) is 4.79 Å². The summed E-state index contributed by atoms with van der Waals surface area (Å²) in [5.74, 6) is 1.47. The van der Waals surface area contributed by atoms with Crippen molar-refractivity contribution in [2.45, 2.75) is 19.0 Å². The molecule has 27 heavy (non-hydrogen) atoms. The summed E-state index contributed by atoms with van der Waals surface area (Å²) < 4.78 is 7.22. The molecule has 140 valence electrons. The maximum Gasteiger partial charge on any atom is 0.316 e. The number of carbonyl (C=O) groups is 1. The number of hydrogen-bond donors (Lipinski definition) is 2. The number of amides is 2. The Bertz CT molecular complexity index is 892. The van der Waals surface area contributed by atoms with E-state index in [0.29, 0.717) is 0 Å². The van der Waals surface area contributed by atoms with Crippen molar-refractivity contribution in [2.75, 3.05) is 7.11 Å². The first-order valence-corrected chi connectivity index (χ1v) is 8.81. The summed E-state index contributed by atoms with van der Waals surface area (Å²) in [6.45, 7) is 1.95. The molecular formula is C21H24N4O2. The van der Waals surface area contributed by atoms with Gasteiger partial charge in [-0.15, -0.1) is 0 Å². The highest BCUT2D eigenvalue weighted by Crippen LogP contribution is 2.24. The minimum Gasteiger partial charge on any atom is -0.497 e. The molecule has 0 unspecified atom stereocenters. The lowest BCUT2D eigenvalue weighted by Gasteiger charge is -2.22. The minimum absolute atomic E-state index is 0.112. The number of hydrogen-bond acceptors (Lipinski definition) is 3. The summed E-state index contributed by atoms with van der Waals surface area (Å²) in [6.07, 6.45) is 3.57. The molecule has 0 aliphatic heterocycles. The summed E-state index contributed by atoms with van der Waals surface area (Å²) in [4.78, 5) is 17.1. The molecule has 6 heteroatoms. The molecule has 2 amide bonds. The van der Waals surface area contributed by atoms with Crippen LogP contribution in [0.15, 0.2) is 67.0 Å². The van der Waals surface area contributed by atoms with E-state index >= 15 is 0 Å². The molecule has 0 aliphatic carbocycles. The number of urea groups is 1. The van der Waals surface area contributed by atoms with Crippen LogP contribution in [-0.2, 0) is 7.05 Å². The number of aryl methyl sites for hydroxylation is 1. The predicted molar refractivity (Wildman–Crippen MR) is 105 cm³/mol.